The van der Waals surface area contributed by atoms with Crippen molar-refractivity contribution in [1.29, 1.82) is 0 Å². The number of hydrogen-bond acceptors (Lipinski definition) is 7. The molecule has 0 spiro atoms. The van der Waals surface area contributed by atoms with Crippen molar-refractivity contribution in [3.05, 3.63) is 59.7 Å². The number of sulfonamides is 1. The number of aliphatic hydroxyl groups is 1. The van der Waals surface area contributed by atoms with E-state index in [9.17, 15) is 27.9 Å². The number of amides is 2. The molecule has 0 saturated carbocycles. The first kappa shape index (κ1) is 23.4. The number of esters is 1. The van der Waals surface area contributed by atoms with E-state index in [4.69, 9.17) is 9.88 Å². The zero-order chi connectivity index (χ0) is 23.5. The first-order valence-electron chi connectivity index (χ1n) is 9.73. The summed E-state index contributed by atoms with van der Waals surface area (Å²) < 4.78 is 28.1. The van der Waals surface area contributed by atoms with Crippen molar-refractivity contribution in [3.63, 3.8) is 0 Å². The highest BCUT2D eigenvalue weighted by molar-refractivity contribution is 7.89. The lowest BCUT2D eigenvalue weighted by molar-refractivity contribution is -0.150. The molecule has 0 bridgehead atoms. The molecule has 0 aliphatic carbocycles. The molecule has 0 aromatic heterocycles. The fourth-order valence-corrected chi connectivity index (χ4v) is 4.04. The molecule has 1 heterocycles. The van der Waals surface area contributed by atoms with E-state index in [0.717, 1.165) is 0 Å². The molecule has 1 aliphatic rings. The number of carbonyl (C=O) groups excluding carboxylic acids is 3. The third-order valence-electron chi connectivity index (χ3n) is 5.01. The molecule has 0 fully saturated rings. The summed E-state index contributed by atoms with van der Waals surface area (Å²) >= 11 is 0. The second kappa shape index (κ2) is 9.47. The van der Waals surface area contributed by atoms with E-state index in [2.05, 4.69) is 5.32 Å². The van der Waals surface area contributed by atoms with Crippen LogP contribution in [-0.4, -0.2) is 56.6 Å². The van der Waals surface area contributed by atoms with E-state index < -0.39 is 47.1 Å². The van der Waals surface area contributed by atoms with Crippen LogP contribution in [-0.2, 0) is 30.8 Å². The van der Waals surface area contributed by atoms with Gasteiger partial charge in [-0.05, 0) is 49.2 Å². The predicted octanol–water partition coefficient (Wildman–Crippen LogP) is -0.0543. The highest BCUT2D eigenvalue weighted by Crippen LogP contribution is 2.33. The quantitative estimate of drug-likeness (QED) is 0.488. The summed E-state index contributed by atoms with van der Waals surface area (Å²) in [7, 11) is -3.87. The molecular weight excluding hydrogens is 438 g/mol. The summed E-state index contributed by atoms with van der Waals surface area (Å²) in [6.07, 6.45) is 0.408. The summed E-state index contributed by atoms with van der Waals surface area (Å²) in [6, 6.07) is 10.7. The SMILES string of the molecule is CC1Cc2cc(S(N)(=O)=O)ccc2N1C(=O)COC(=O)C(CO)NC(=O)c1ccccc1. The van der Waals surface area contributed by atoms with Crippen molar-refractivity contribution in [2.75, 3.05) is 18.1 Å². The number of benzene rings is 2. The van der Waals surface area contributed by atoms with Gasteiger partial charge in [-0.2, -0.15) is 0 Å². The fraction of sp³-hybridized carbons (Fsp3) is 0.286. The number of ether oxygens (including phenoxy) is 1. The molecule has 4 N–H and O–H groups in total. The lowest BCUT2D eigenvalue weighted by atomic mass is 10.1. The van der Waals surface area contributed by atoms with Gasteiger partial charge in [0.1, 0.15) is 0 Å². The van der Waals surface area contributed by atoms with Crippen LogP contribution in [0.15, 0.2) is 53.4 Å². The van der Waals surface area contributed by atoms with Crippen LogP contribution in [0, 0.1) is 0 Å². The lowest BCUT2D eigenvalue weighted by Crippen LogP contribution is -2.46. The Morgan fingerprint density at radius 3 is 2.53 bits per heavy atom. The zero-order valence-corrected chi connectivity index (χ0v) is 18.0. The normalized spacial score (nSPS) is 16.2. The smallest absolute Gasteiger partial charge is 0.331 e. The first-order valence-corrected chi connectivity index (χ1v) is 11.3. The largest absolute Gasteiger partial charge is 0.454 e. The number of rotatable bonds is 7. The summed E-state index contributed by atoms with van der Waals surface area (Å²) in [5.41, 5.74) is 1.44. The Balaban J connectivity index is 1.64. The fourth-order valence-electron chi connectivity index (χ4n) is 3.48. The maximum atomic E-state index is 12.7. The van der Waals surface area contributed by atoms with Gasteiger partial charge in [0.05, 0.1) is 11.5 Å². The summed E-state index contributed by atoms with van der Waals surface area (Å²) in [5.74, 6) is -2.05. The van der Waals surface area contributed by atoms with Gasteiger partial charge in [0.2, 0.25) is 10.0 Å². The lowest BCUT2D eigenvalue weighted by Gasteiger charge is -2.23. The number of primary sulfonamides is 1. The minimum absolute atomic E-state index is 0.0517. The first-order chi connectivity index (χ1) is 15.1. The van der Waals surface area contributed by atoms with Gasteiger partial charge in [-0.25, -0.2) is 18.4 Å². The molecule has 2 amide bonds. The van der Waals surface area contributed by atoms with Gasteiger partial charge in [-0.3, -0.25) is 9.59 Å². The predicted molar refractivity (Wildman–Crippen MR) is 114 cm³/mol. The minimum atomic E-state index is -3.87. The second-order valence-electron chi connectivity index (χ2n) is 7.33. The number of hydrogen-bond donors (Lipinski definition) is 3. The molecule has 10 nitrogen and oxygen atoms in total. The van der Waals surface area contributed by atoms with Gasteiger partial charge in [-0.1, -0.05) is 18.2 Å². The molecule has 170 valence electrons. The van der Waals surface area contributed by atoms with E-state index in [1.165, 1.54) is 23.1 Å². The van der Waals surface area contributed by atoms with Crippen LogP contribution >= 0.6 is 0 Å². The van der Waals surface area contributed by atoms with E-state index in [-0.39, 0.29) is 10.9 Å². The topological polar surface area (TPSA) is 156 Å². The molecule has 1 aliphatic heterocycles. The number of nitrogens with two attached hydrogens (primary N) is 1. The number of aliphatic hydroxyl groups excluding tert-OH is 1. The average molecular weight is 461 g/mol. The maximum Gasteiger partial charge on any atom is 0.331 e. The number of fused-ring (bicyclic) bond motifs is 1. The third kappa shape index (κ3) is 5.13. The Labute approximate surface area is 185 Å². The second-order valence-corrected chi connectivity index (χ2v) is 8.90. The number of carbonyl (C=O) groups is 3. The number of nitrogens with zero attached hydrogens (tertiary/aromatic N) is 1. The highest BCUT2D eigenvalue weighted by atomic mass is 32.2. The Bertz CT molecular complexity index is 1140. The molecule has 11 heteroatoms. The van der Waals surface area contributed by atoms with Crippen LogP contribution < -0.4 is 15.4 Å². The number of anilines is 1. The molecule has 0 radical (unpaired) electrons. The molecule has 2 atom stereocenters. The standard InChI is InChI=1S/C21H23N3O7S/c1-13-9-15-10-16(32(22,29)30)7-8-18(15)24(13)19(26)12-31-21(28)17(11-25)23-20(27)14-5-3-2-4-6-14/h2-8,10,13,17,25H,9,11-12H2,1H3,(H,23,27)(H2,22,29,30). The molecule has 0 saturated heterocycles. The van der Waals surface area contributed by atoms with Crippen molar-refractivity contribution in [2.24, 2.45) is 5.14 Å². The molecule has 3 rings (SSSR count). The van der Waals surface area contributed by atoms with Gasteiger partial charge in [0, 0.05) is 17.3 Å². The zero-order valence-electron chi connectivity index (χ0n) is 17.2. The van der Waals surface area contributed by atoms with Gasteiger partial charge < -0.3 is 20.1 Å². The summed E-state index contributed by atoms with van der Waals surface area (Å²) in [6.45, 7) is 0.453. The van der Waals surface area contributed by atoms with Crippen molar-refractivity contribution in [3.8, 4) is 0 Å². The molecular formula is C21H23N3O7S. The summed E-state index contributed by atoms with van der Waals surface area (Å²) in [5, 5.41) is 17.0. The molecule has 2 aromatic rings. The van der Waals surface area contributed by atoms with Crippen LogP contribution in [0.25, 0.3) is 0 Å². The Morgan fingerprint density at radius 1 is 1.22 bits per heavy atom. The highest BCUT2D eigenvalue weighted by Gasteiger charge is 2.33. The van der Waals surface area contributed by atoms with Crippen molar-refractivity contribution >= 4 is 33.5 Å². The Hall–Kier alpha value is -3.28. The summed E-state index contributed by atoms with van der Waals surface area (Å²) in [4.78, 5) is 38.6. The van der Waals surface area contributed by atoms with E-state index in [0.29, 0.717) is 23.2 Å². The van der Waals surface area contributed by atoms with Gasteiger partial charge in [0.25, 0.3) is 11.8 Å². The molecule has 2 unspecified atom stereocenters. The Morgan fingerprint density at radius 2 is 1.91 bits per heavy atom. The van der Waals surface area contributed by atoms with Crippen molar-refractivity contribution in [2.45, 2.75) is 30.3 Å². The van der Waals surface area contributed by atoms with Crippen LogP contribution in [0.4, 0.5) is 5.69 Å². The van der Waals surface area contributed by atoms with E-state index in [1.54, 1.807) is 37.3 Å². The monoisotopic (exact) mass is 461 g/mol. The average Bonchev–Trinajstić information content (AvgIpc) is 3.10. The minimum Gasteiger partial charge on any atom is -0.454 e. The van der Waals surface area contributed by atoms with E-state index in [1.807, 2.05) is 0 Å². The number of nitrogens with one attached hydrogen (secondary N) is 1. The maximum absolute atomic E-state index is 12.7. The van der Waals surface area contributed by atoms with Crippen LogP contribution in [0.2, 0.25) is 0 Å². The third-order valence-corrected chi connectivity index (χ3v) is 5.92. The Kier molecular flexibility index (Phi) is 6.92. The van der Waals surface area contributed by atoms with Gasteiger partial charge >= 0.3 is 5.97 Å². The van der Waals surface area contributed by atoms with Crippen molar-refractivity contribution in [1.82, 2.24) is 5.32 Å². The van der Waals surface area contributed by atoms with Gasteiger partial charge in [0.15, 0.2) is 12.6 Å². The molecule has 2 aromatic carbocycles. The van der Waals surface area contributed by atoms with Crippen molar-refractivity contribution < 1.29 is 32.6 Å². The van der Waals surface area contributed by atoms with Crippen LogP contribution in [0.3, 0.4) is 0 Å². The van der Waals surface area contributed by atoms with Crippen LogP contribution in [0.1, 0.15) is 22.8 Å². The van der Waals surface area contributed by atoms with Gasteiger partial charge in [-0.15, -0.1) is 0 Å². The van der Waals surface area contributed by atoms with E-state index >= 15 is 0 Å². The van der Waals surface area contributed by atoms with Crippen LogP contribution in [0.5, 0.6) is 0 Å². The molecule has 32 heavy (non-hydrogen) atoms.